The number of carbonyl (C=O) groups excluding carboxylic acids is 4. The van der Waals surface area contributed by atoms with Crippen LogP contribution in [-0.4, -0.2) is 120 Å². The van der Waals surface area contributed by atoms with E-state index >= 15 is 0 Å². The monoisotopic (exact) mass is 621 g/mol. The Morgan fingerprint density at radius 2 is 1.64 bits per heavy atom. The Hall–Kier alpha value is -2.50. The molecule has 2 heterocycles. The largest absolute Gasteiger partial charge is 0.394 e. The fourth-order valence-electron chi connectivity index (χ4n) is 6.21. The average Bonchev–Trinajstić information content (AvgIpc) is 3.46. The van der Waals surface area contributed by atoms with Crippen LogP contribution >= 0.6 is 0 Å². The molecule has 2 aliphatic heterocycles. The lowest BCUT2D eigenvalue weighted by atomic mass is 9.84. The second kappa shape index (κ2) is 17.3. The highest BCUT2D eigenvalue weighted by atomic mass is 16.5. The molecule has 11 nitrogen and oxygen atoms in total. The lowest BCUT2D eigenvalue weighted by molar-refractivity contribution is -0.142. The summed E-state index contributed by atoms with van der Waals surface area (Å²) in [6.45, 7) is 17.9. The van der Waals surface area contributed by atoms with Crippen molar-refractivity contribution >= 4 is 23.6 Å². The van der Waals surface area contributed by atoms with Crippen LogP contribution in [0.3, 0.4) is 0 Å². The molecule has 0 saturated carbocycles. The van der Waals surface area contributed by atoms with Gasteiger partial charge in [-0.3, -0.25) is 24.1 Å². The van der Waals surface area contributed by atoms with Gasteiger partial charge in [0.1, 0.15) is 12.1 Å². The first-order valence-corrected chi connectivity index (χ1v) is 16.4. The Kier molecular flexibility index (Phi) is 14.8. The SMILES string of the molecule is CC(=C[C@H](C(C)C)N(C)C(=O)[C@@H](NC(=O)C1CCCCN1C(C)C)C(C)(C)C)C(=O)N1CCC[C@H]1C(=O)NCCOCCO. The van der Waals surface area contributed by atoms with E-state index in [2.05, 4.69) is 29.4 Å². The first-order chi connectivity index (χ1) is 20.6. The number of ether oxygens (including phenoxy) is 1. The van der Waals surface area contributed by atoms with Crippen molar-refractivity contribution in [3.63, 3.8) is 0 Å². The number of carbonyl (C=O) groups is 4. The van der Waals surface area contributed by atoms with Gasteiger partial charge in [0.25, 0.3) is 0 Å². The molecule has 0 aromatic heterocycles. The number of nitrogens with one attached hydrogen (secondary N) is 2. The first kappa shape index (κ1) is 37.7. The number of piperidine rings is 1. The number of hydrogen-bond donors (Lipinski definition) is 3. The van der Waals surface area contributed by atoms with Gasteiger partial charge >= 0.3 is 0 Å². The molecule has 0 spiro atoms. The predicted octanol–water partition coefficient (Wildman–Crippen LogP) is 2.33. The molecule has 44 heavy (non-hydrogen) atoms. The van der Waals surface area contributed by atoms with E-state index in [1.165, 1.54) is 0 Å². The second-order valence-corrected chi connectivity index (χ2v) is 14.0. The van der Waals surface area contributed by atoms with Crippen LogP contribution in [0.25, 0.3) is 0 Å². The summed E-state index contributed by atoms with van der Waals surface area (Å²) in [5.41, 5.74) is -0.0614. The van der Waals surface area contributed by atoms with Gasteiger partial charge < -0.3 is 30.3 Å². The topological polar surface area (TPSA) is 132 Å². The quantitative estimate of drug-likeness (QED) is 0.200. The fraction of sp³-hybridized carbons (Fsp3) is 0.818. The van der Waals surface area contributed by atoms with Gasteiger partial charge in [-0.2, -0.15) is 0 Å². The Morgan fingerprint density at radius 3 is 2.23 bits per heavy atom. The van der Waals surface area contributed by atoms with Gasteiger partial charge in [0, 0.05) is 31.8 Å². The molecule has 4 amide bonds. The van der Waals surface area contributed by atoms with Gasteiger partial charge in [0.2, 0.25) is 23.6 Å². The van der Waals surface area contributed by atoms with E-state index in [9.17, 15) is 19.2 Å². The third kappa shape index (κ3) is 10.3. The van der Waals surface area contributed by atoms with Gasteiger partial charge in [0.15, 0.2) is 0 Å². The molecule has 0 aliphatic carbocycles. The zero-order chi connectivity index (χ0) is 33.2. The Bertz CT molecular complexity index is 1010. The molecule has 3 N–H and O–H groups in total. The van der Waals surface area contributed by atoms with Crippen molar-refractivity contribution in [3.05, 3.63) is 11.6 Å². The van der Waals surface area contributed by atoms with E-state index in [-0.39, 0.29) is 61.5 Å². The summed E-state index contributed by atoms with van der Waals surface area (Å²) in [4.78, 5) is 59.6. The number of amides is 4. The summed E-state index contributed by atoms with van der Waals surface area (Å²) in [5, 5.41) is 14.8. The second-order valence-electron chi connectivity index (χ2n) is 14.0. The Balaban J connectivity index is 2.19. The maximum absolute atomic E-state index is 14.1. The van der Waals surface area contributed by atoms with Crippen LogP contribution in [0.2, 0.25) is 0 Å². The van der Waals surface area contributed by atoms with Crippen molar-refractivity contribution in [2.24, 2.45) is 11.3 Å². The van der Waals surface area contributed by atoms with Crippen LogP contribution in [-0.2, 0) is 23.9 Å². The van der Waals surface area contributed by atoms with Crippen molar-refractivity contribution in [1.82, 2.24) is 25.3 Å². The summed E-state index contributed by atoms with van der Waals surface area (Å²) in [7, 11) is 1.73. The molecule has 0 aromatic carbocycles. The fourth-order valence-corrected chi connectivity index (χ4v) is 6.21. The minimum absolute atomic E-state index is 0.00519. The number of likely N-dealkylation sites (N-methyl/N-ethyl adjacent to an activating group) is 1. The van der Waals surface area contributed by atoms with Crippen molar-refractivity contribution in [3.8, 4) is 0 Å². The van der Waals surface area contributed by atoms with E-state index < -0.39 is 23.5 Å². The maximum atomic E-state index is 14.1. The molecule has 0 bridgehead atoms. The summed E-state index contributed by atoms with van der Waals surface area (Å²) in [6, 6.07) is -1.72. The summed E-state index contributed by atoms with van der Waals surface area (Å²) in [6.07, 6.45) is 5.96. The van der Waals surface area contributed by atoms with Crippen molar-refractivity contribution in [1.29, 1.82) is 0 Å². The standard InChI is InChI=1S/C33H59N5O6/c1-22(2)27(21-24(5)31(42)38-17-12-14-25(38)29(40)34-15-19-44-20-18-39)36(9)32(43)28(33(6,7)8)35-30(41)26-13-10-11-16-37(26)23(3)4/h21-23,25-28,39H,10-20H2,1-9H3,(H,34,40)(H,35,41)/t25-,26?,27+,28+/m0/s1. The lowest BCUT2D eigenvalue weighted by Gasteiger charge is -2.41. The van der Waals surface area contributed by atoms with Crippen LogP contribution in [0.1, 0.15) is 87.5 Å². The molecular weight excluding hydrogens is 562 g/mol. The molecular formula is C33H59N5O6. The van der Waals surface area contributed by atoms with Crippen LogP contribution in [0.15, 0.2) is 11.6 Å². The summed E-state index contributed by atoms with van der Waals surface area (Å²) in [5.74, 6) is -0.760. The average molecular weight is 622 g/mol. The number of nitrogens with zero attached hydrogens (tertiary/aromatic N) is 3. The number of hydrogen-bond acceptors (Lipinski definition) is 7. The first-order valence-electron chi connectivity index (χ1n) is 16.4. The predicted molar refractivity (Wildman–Crippen MR) is 172 cm³/mol. The Labute approximate surface area is 265 Å². The lowest BCUT2D eigenvalue weighted by Crippen LogP contribution is -2.60. The Morgan fingerprint density at radius 1 is 0.977 bits per heavy atom. The molecule has 2 fully saturated rings. The molecule has 0 aromatic rings. The van der Waals surface area contributed by atoms with Crippen LogP contribution in [0.4, 0.5) is 0 Å². The van der Waals surface area contributed by atoms with Crippen molar-refractivity contribution < 1.29 is 29.0 Å². The number of aliphatic hydroxyl groups excluding tert-OH is 1. The molecule has 252 valence electrons. The zero-order valence-electron chi connectivity index (χ0n) is 28.6. The molecule has 4 atom stereocenters. The maximum Gasteiger partial charge on any atom is 0.249 e. The smallest absolute Gasteiger partial charge is 0.249 e. The van der Waals surface area contributed by atoms with E-state index in [4.69, 9.17) is 9.84 Å². The summed E-state index contributed by atoms with van der Waals surface area (Å²) >= 11 is 0. The highest BCUT2D eigenvalue weighted by Crippen LogP contribution is 2.26. The molecule has 2 saturated heterocycles. The normalized spacial score (nSPS) is 21.4. The van der Waals surface area contributed by atoms with Gasteiger partial charge in [-0.15, -0.1) is 0 Å². The molecule has 0 radical (unpaired) electrons. The number of rotatable bonds is 14. The van der Waals surface area contributed by atoms with Crippen molar-refractivity contribution in [2.45, 2.75) is 118 Å². The molecule has 2 rings (SSSR count). The van der Waals surface area contributed by atoms with Gasteiger partial charge in [-0.1, -0.05) is 47.1 Å². The summed E-state index contributed by atoms with van der Waals surface area (Å²) < 4.78 is 5.21. The van der Waals surface area contributed by atoms with Gasteiger partial charge in [-0.25, -0.2) is 0 Å². The minimum atomic E-state index is -0.741. The molecule has 2 aliphatic rings. The highest BCUT2D eigenvalue weighted by Gasteiger charge is 2.40. The van der Waals surface area contributed by atoms with Crippen LogP contribution < -0.4 is 10.6 Å². The van der Waals surface area contributed by atoms with E-state index in [0.29, 0.717) is 25.1 Å². The third-order valence-corrected chi connectivity index (χ3v) is 8.74. The van der Waals surface area contributed by atoms with E-state index in [1.54, 1.807) is 23.8 Å². The molecule has 11 heteroatoms. The van der Waals surface area contributed by atoms with E-state index in [0.717, 1.165) is 32.2 Å². The van der Waals surface area contributed by atoms with Crippen LogP contribution in [0, 0.1) is 11.3 Å². The van der Waals surface area contributed by atoms with E-state index in [1.807, 2.05) is 40.7 Å². The van der Waals surface area contributed by atoms with Crippen molar-refractivity contribution in [2.75, 3.05) is 46.5 Å². The number of likely N-dealkylation sites (tertiary alicyclic amines) is 2. The zero-order valence-corrected chi connectivity index (χ0v) is 28.6. The highest BCUT2D eigenvalue weighted by molar-refractivity contribution is 5.97. The number of aliphatic hydroxyl groups is 1. The third-order valence-electron chi connectivity index (χ3n) is 8.74. The van der Waals surface area contributed by atoms with Gasteiger partial charge in [0.05, 0.1) is 31.9 Å². The van der Waals surface area contributed by atoms with Gasteiger partial charge in [-0.05, 0) is 64.3 Å². The van der Waals surface area contributed by atoms with Crippen LogP contribution in [0.5, 0.6) is 0 Å². The minimum Gasteiger partial charge on any atom is -0.394 e. The molecule has 1 unspecified atom stereocenters.